The lowest BCUT2D eigenvalue weighted by atomic mass is 10.1. The van der Waals surface area contributed by atoms with Crippen molar-refractivity contribution < 1.29 is 65.2 Å². The number of anilines is 1. The summed E-state index contributed by atoms with van der Waals surface area (Å²) in [4.78, 5) is 79.3. The fraction of sp³-hybridized carbons (Fsp3) is 0.683. The molecule has 0 radical (unpaired) electrons. The maximum atomic E-state index is 16.9. The smallest absolute Gasteiger partial charge is 0.407 e. The molecule has 398 valence electrons. The van der Waals surface area contributed by atoms with E-state index in [2.05, 4.69) is 55.5 Å². The van der Waals surface area contributed by atoms with Gasteiger partial charge in [-0.3, -0.25) is 27.8 Å². The Morgan fingerprint density at radius 1 is 0.931 bits per heavy atom. The minimum Gasteiger partial charge on any atom is -0.450 e. The number of carbonyl (C=O) groups is 2. The molecule has 0 spiro atoms. The molecule has 5 N–H and O–H groups in total. The predicted octanol–water partition coefficient (Wildman–Crippen LogP) is 4.32. The van der Waals surface area contributed by atoms with Crippen LogP contribution in [0, 0.1) is 0 Å². The first-order valence-electron chi connectivity index (χ1n) is 23.5. The van der Waals surface area contributed by atoms with Crippen molar-refractivity contribution in [1.29, 1.82) is 0 Å². The molecule has 10 atom stereocenters. The quantitative estimate of drug-likeness (QED) is 0.0509. The molecule has 0 aliphatic carbocycles. The fourth-order valence-electron chi connectivity index (χ4n) is 8.26. The monoisotopic (exact) mass is 1120 g/mol. The maximum absolute atomic E-state index is 16.9. The predicted molar refractivity (Wildman–Crippen MR) is 272 cm³/mol. The molecular weight excluding hydrogens is 1060 g/mol. The first-order valence-corrected chi connectivity index (χ1v) is 35.3. The van der Waals surface area contributed by atoms with Crippen molar-refractivity contribution in [2.45, 2.75) is 133 Å². The van der Waals surface area contributed by atoms with Gasteiger partial charge >= 0.3 is 19.5 Å². The Morgan fingerprint density at radius 3 is 2.36 bits per heavy atom. The molecule has 2 unspecified atom stereocenters. The van der Waals surface area contributed by atoms with Crippen LogP contribution in [0.2, 0.25) is 43.8 Å². The van der Waals surface area contributed by atoms with Crippen LogP contribution in [0.1, 0.15) is 45.2 Å². The number of rotatable bonds is 14. The minimum absolute atomic E-state index is 0.00428. The number of amides is 2. The van der Waals surface area contributed by atoms with E-state index in [0.717, 1.165) is 23.4 Å². The number of ether oxygens (including phenoxy) is 4. The lowest BCUT2D eigenvalue weighted by Crippen LogP contribution is -2.50. The Morgan fingerprint density at radius 2 is 1.64 bits per heavy atom. The Labute approximate surface area is 426 Å². The van der Waals surface area contributed by atoms with Crippen LogP contribution in [-0.4, -0.2) is 155 Å². The van der Waals surface area contributed by atoms with Gasteiger partial charge in [0.15, 0.2) is 38.1 Å². The summed E-state index contributed by atoms with van der Waals surface area (Å²) in [5.74, 6) is 0.115. The molecule has 8 heterocycles. The number of halogens is 1. The SMILES string of the molecule is CC(C)(C)[Si](C)(C)O[C@H]1[C@H]2OP(O)(=S)OC[C@H]3O[C@@H](n4cc5c6c(ncnc64)NCCC5)[C@H](F)[C@@H]3OP(O)(=S)OC[C@H]1O[C@H]2n1cnc2c(=O)n(CCOCNC(=O)CNC(=O)OCC[Si](C)(C)C)cnc21. The van der Waals surface area contributed by atoms with E-state index in [0.29, 0.717) is 24.4 Å². The van der Waals surface area contributed by atoms with Gasteiger partial charge < -0.3 is 62.7 Å². The molecule has 3 fully saturated rings. The zero-order valence-corrected chi connectivity index (χ0v) is 46.6. The van der Waals surface area contributed by atoms with Crippen LogP contribution in [0.15, 0.2) is 30.0 Å². The molecule has 72 heavy (non-hydrogen) atoms. The van der Waals surface area contributed by atoms with Crippen molar-refractivity contribution in [3.8, 4) is 0 Å². The average Bonchev–Trinajstić information content (AvgIpc) is 4.01. The van der Waals surface area contributed by atoms with E-state index in [4.69, 9.17) is 65.1 Å². The summed E-state index contributed by atoms with van der Waals surface area (Å²) in [6, 6.07) is 0.801. The number of hydrogen-bond donors (Lipinski definition) is 5. The molecule has 4 aliphatic heterocycles. The van der Waals surface area contributed by atoms with Crippen molar-refractivity contribution >= 4 is 93.5 Å². The van der Waals surface area contributed by atoms with Crippen LogP contribution in [0.3, 0.4) is 0 Å². The van der Waals surface area contributed by atoms with Gasteiger partial charge in [0.2, 0.25) is 5.91 Å². The zero-order valence-electron chi connectivity index (χ0n) is 41.2. The fourth-order valence-corrected chi connectivity index (χ4v) is 13.1. The van der Waals surface area contributed by atoms with Gasteiger partial charge in [0.1, 0.15) is 67.9 Å². The molecule has 3 saturated heterocycles. The standard InChI is InChI=1S/C41H63FN10O14P2S2Si2/c1-41(2,3)72(7,8)66-32-26-19-61-67(56,69)64-31-25(62-38(29(31)42)51-17-24-10-9-11-43-34-28(24)35(51)46-20-45-34)18-60-68(57,70)65-33(32)39(63-26)52-22-47-30-36(52)48-21-50(37(30)54)12-13-58-23-49-27(53)16-44-40(55)59-14-15-71(4,5)6/h17,20-22,25-26,29,31-33,38-39H,9-16,18-19,23H2,1-8H3,(H,44,55)(H,49,53)(H,56,69)(H,57,70)(H,43,45,46)/t25-,26-,29-,31-,32-,33-,38-,39-,67?,68?/m1/s1. The number of alkyl halides is 1. The number of imidazole rings is 1. The van der Waals surface area contributed by atoms with Crippen molar-refractivity contribution in [1.82, 2.24) is 44.3 Å². The number of aryl methyl sites for hydroxylation is 1. The van der Waals surface area contributed by atoms with Crippen LogP contribution in [0.25, 0.3) is 22.2 Å². The zero-order chi connectivity index (χ0) is 52.0. The van der Waals surface area contributed by atoms with E-state index in [1.54, 1.807) is 10.8 Å². The van der Waals surface area contributed by atoms with E-state index in [1.165, 1.54) is 28.1 Å². The Kier molecular flexibility index (Phi) is 16.6. The third-order valence-electron chi connectivity index (χ3n) is 13.1. The Hall–Kier alpha value is -3.23. The van der Waals surface area contributed by atoms with Gasteiger partial charge in [-0.15, -0.1) is 0 Å². The van der Waals surface area contributed by atoms with Gasteiger partial charge in [-0.2, -0.15) is 0 Å². The molecule has 0 saturated carbocycles. The second kappa shape index (κ2) is 21.8. The third-order valence-corrected chi connectivity index (χ3v) is 22.4. The number of aromatic nitrogens is 7. The number of hydrogen-bond acceptors (Lipinski definition) is 19. The molecular formula is C41H63FN10O14P2S2Si2. The molecule has 4 aliphatic rings. The van der Waals surface area contributed by atoms with Gasteiger partial charge in [-0.25, -0.2) is 29.1 Å². The molecule has 24 nitrogen and oxygen atoms in total. The number of fused-ring (bicyclic) bond motifs is 4. The van der Waals surface area contributed by atoms with E-state index < -0.39 is 110 Å². The van der Waals surface area contributed by atoms with E-state index in [-0.39, 0.29) is 49.2 Å². The lowest BCUT2D eigenvalue weighted by Gasteiger charge is -2.40. The molecule has 2 bridgehead atoms. The summed E-state index contributed by atoms with van der Waals surface area (Å²) in [5, 5.41) is 8.59. The first-order chi connectivity index (χ1) is 33.8. The van der Waals surface area contributed by atoms with Crippen LogP contribution in [-0.2, 0) is 82.8 Å². The van der Waals surface area contributed by atoms with Gasteiger partial charge in [0.05, 0.1) is 44.7 Å². The highest BCUT2D eigenvalue weighted by atomic mass is 32.5. The van der Waals surface area contributed by atoms with E-state index in [9.17, 15) is 24.2 Å². The maximum Gasteiger partial charge on any atom is 0.407 e. The van der Waals surface area contributed by atoms with Crippen LogP contribution >= 0.6 is 13.4 Å². The molecule has 31 heteroatoms. The molecule has 8 rings (SSSR count). The summed E-state index contributed by atoms with van der Waals surface area (Å²) in [7, 11) is -4.12. The summed E-state index contributed by atoms with van der Waals surface area (Å²) in [6.45, 7) is 7.38. The largest absolute Gasteiger partial charge is 0.450 e. The van der Waals surface area contributed by atoms with Gasteiger partial charge in [0.25, 0.3) is 5.56 Å². The molecule has 4 aromatic rings. The van der Waals surface area contributed by atoms with Gasteiger partial charge in [0, 0.05) is 20.8 Å². The van der Waals surface area contributed by atoms with Crippen LogP contribution in [0.5, 0.6) is 0 Å². The van der Waals surface area contributed by atoms with Crippen molar-refractivity contribution in [3.05, 3.63) is 41.1 Å². The highest BCUT2D eigenvalue weighted by molar-refractivity contribution is 8.07. The number of nitrogens with one attached hydrogen (secondary N) is 3. The molecule has 4 aromatic heterocycles. The normalized spacial score (nSPS) is 29.4. The van der Waals surface area contributed by atoms with E-state index in [1.807, 2.05) is 33.9 Å². The van der Waals surface area contributed by atoms with Crippen molar-refractivity contribution in [2.24, 2.45) is 0 Å². The Balaban J connectivity index is 0.995. The van der Waals surface area contributed by atoms with Crippen molar-refractivity contribution in [3.63, 3.8) is 0 Å². The van der Waals surface area contributed by atoms with Gasteiger partial charge in [-0.1, -0.05) is 40.4 Å². The van der Waals surface area contributed by atoms with Crippen LogP contribution < -0.4 is 21.5 Å². The summed E-state index contributed by atoms with van der Waals surface area (Å²) < 4.78 is 76.0. The molecule has 2 amide bonds. The minimum atomic E-state index is -4.35. The van der Waals surface area contributed by atoms with Crippen LogP contribution in [0.4, 0.5) is 15.0 Å². The second-order valence-corrected chi connectivity index (χ2v) is 36.6. The first kappa shape index (κ1) is 55.0. The molecule has 0 aromatic carbocycles. The highest BCUT2D eigenvalue weighted by Gasteiger charge is 2.56. The lowest BCUT2D eigenvalue weighted by molar-refractivity contribution is -0.121. The van der Waals surface area contributed by atoms with E-state index >= 15 is 4.39 Å². The summed E-state index contributed by atoms with van der Waals surface area (Å²) in [5.41, 5.74) is 0.806. The Bertz CT molecular complexity index is 2800. The number of nitrogens with zero attached hydrogens (tertiary/aromatic N) is 7. The topological polar surface area (TPSA) is 277 Å². The summed E-state index contributed by atoms with van der Waals surface area (Å²) >= 11 is 11.2. The highest BCUT2D eigenvalue weighted by Crippen LogP contribution is 2.55. The third kappa shape index (κ3) is 12.5. The van der Waals surface area contributed by atoms with Gasteiger partial charge in [-0.05, 0) is 66.2 Å². The van der Waals surface area contributed by atoms with Crippen molar-refractivity contribution in [2.75, 3.05) is 51.6 Å². The summed E-state index contributed by atoms with van der Waals surface area (Å²) in [6.07, 6.45) is -4.28. The average molecular weight is 1120 g/mol. The number of alkyl carbamates (subject to hydrolysis) is 1. The number of carbonyl (C=O) groups excluding carboxylic acids is 2. The second-order valence-electron chi connectivity index (χ2n) is 20.6.